The molecule has 4 rings (SSSR count). The lowest BCUT2D eigenvalue weighted by Gasteiger charge is -2.25. The molecule has 0 aromatic heterocycles. The highest BCUT2D eigenvalue weighted by Gasteiger charge is 2.42. The third-order valence-electron chi connectivity index (χ3n) is 7.74. The Morgan fingerprint density at radius 3 is 2.32 bits per heavy atom. The van der Waals surface area contributed by atoms with E-state index in [1.807, 2.05) is 30.3 Å². The number of nitrogens with zero attached hydrogens (tertiary/aromatic N) is 1. The summed E-state index contributed by atoms with van der Waals surface area (Å²) < 4.78 is 17.2. The summed E-state index contributed by atoms with van der Waals surface area (Å²) in [5.41, 5.74) is 5.05. The van der Waals surface area contributed by atoms with Crippen LogP contribution in [0.25, 0.3) is 11.1 Å². The Hall–Kier alpha value is -3.76. The Morgan fingerprint density at radius 2 is 1.61 bits per heavy atom. The van der Waals surface area contributed by atoms with Crippen LogP contribution in [0.2, 0.25) is 0 Å². The second-order valence-electron chi connectivity index (χ2n) is 10.5. The Balaban J connectivity index is 1.35. The lowest BCUT2D eigenvalue weighted by Crippen LogP contribution is -2.27. The summed E-state index contributed by atoms with van der Waals surface area (Å²) in [5.74, 6) is -0.146. The fourth-order valence-electron chi connectivity index (χ4n) is 5.35. The zero-order valence-corrected chi connectivity index (χ0v) is 23.7. The van der Waals surface area contributed by atoms with E-state index in [4.69, 9.17) is 19.5 Å². The molecule has 0 spiro atoms. The Bertz CT molecular complexity index is 1280. The molecule has 1 saturated carbocycles. The van der Waals surface area contributed by atoms with E-state index in [-0.39, 0.29) is 23.9 Å². The summed E-state index contributed by atoms with van der Waals surface area (Å²) in [6.07, 6.45) is 6.90. The largest absolute Gasteiger partial charge is 0.469 e. The third kappa shape index (κ3) is 9.12. The number of carbonyl (C=O) groups excluding carboxylic acids is 1. The van der Waals surface area contributed by atoms with Crippen LogP contribution < -0.4 is 0 Å². The van der Waals surface area contributed by atoms with Crippen LogP contribution in [0, 0.1) is 23.2 Å². The Labute approximate surface area is 243 Å². The predicted molar refractivity (Wildman–Crippen MR) is 158 cm³/mol. The number of benzene rings is 3. The number of aliphatic hydroxyl groups excluding tert-OH is 1. The molecule has 1 aliphatic carbocycles. The lowest BCUT2D eigenvalue weighted by molar-refractivity contribution is -0.140. The SMILES string of the molecule is COC(=O)CCC/C=C\C[C@@H]1[C@@H](COCc2ccc(C#N)cc2)[C@H](O)C[C@@H]1OCc1ccc(-c2ccccc2)cc1. The zero-order valence-electron chi connectivity index (χ0n) is 23.7. The van der Waals surface area contributed by atoms with Crippen LogP contribution >= 0.6 is 0 Å². The fourth-order valence-corrected chi connectivity index (χ4v) is 5.35. The van der Waals surface area contributed by atoms with Gasteiger partial charge in [-0.25, -0.2) is 0 Å². The van der Waals surface area contributed by atoms with Crippen molar-refractivity contribution in [3.8, 4) is 17.2 Å². The average Bonchev–Trinajstić information content (AvgIpc) is 3.32. The maximum atomic E-state index is 11.4. The molecule has 0 amide bonds. The molecule has 1 aliphatic rings. The first kappa shape index (κ1) is 30.2. The standard InChI is InChI=1S/C35H39NO5/c1-39-35(38)12-8-3-2-7-11-31-32(25-40-23-27-15-13-26(22-36)14-16-27)33(37)21-34(31)41-24-28-17-19-30(20-18-28)29-9-5-4-6-10-29/h2,4-7,9-10,13-20,31-34,37H,3,8,11-12,21,23-25H2,1H3/b7-2-/t31-,32-,33-,34+/m1/s1. The maximum Gasteiger partial charge on any atom is 0.305 e. The minimum absolute atomic E-state index is 0.0569. The Morgan fingerprint density at radius 1 is 0.927 bits per heavy atom. The van der Waals surface area contributed by atoms with Crippen LogP contribution in [0.5, 0.6) is 0 Å². The molecule has 0 saturated heterocycles. The highest BCUT2D eigenvalue weighted by Crippen LogP contribution is 2.38. The Kier molecular flexibility index (Phi) is 11.7. The topological polar surface area (TPSA) is 88.8 Å². The van der Waals surface area contributed by atoms with Crippen molar-refractivity contribution in [2.24, 2.45) is 11.8 Å². The monoisotopic (exact) mass is 553 g/mol. The number of ether oxygens (including phenoxy) is 3. The van der Waals surface area contributed by atoms with E-state index in [2.05, 4.69) is 54.6 Å². The van der Waals surface area contributed by atoms with Gasteiger partial charge in [0.2, 0.25) is 0 Å². The first-order valence-corrected chi connectivity index (χ1v) is 14.3. The number of hydrogen-bond donors (Lipinski definition) is 1. The minimum Gasteiger partial charge on any atom is -0.469 e. The summed E-state index contributed by atoms with van der Waals surface area (Å²) in [6, 6.07) is 28.2. The molecule has 0 bridgehead atoms. The van der Waals surface area contributed by atoms with Crippen molar-refractivity contribution in [3.63, 3.8) is 0 Å². The highest BCUT2D eigenvalue weighted by atomic mass is 16.5. The van der Waals surface area contributed by atoms with Crippen molar-refractivity contribution >= 4 is 5.97 Å². The van der Waals surface area contributed by atoms with Crippen LogP contribution in [0.1, 0.15) is 48.8 Å². The minimum atomic E-state index is -0.515. The van der Waals surface area contributed by atoms with Crippen molar-refractivity contribution in [1.29, 1.82) is 5.26 Å². The summed E-state index contributed by atoms with van der Waals surface area (Å²) >= 11 is 0. The molecule has 6 heteroatoms. The van der Waals surface area contributed by atoms with E-state index < -0.39 is 6.10 Å². The average molecular weight is 554 g/mol. The first-order valence-electron chi connectivity index (χ1n) is 14.3. The molecule has 41 heavy (non-hydrogen) atoms. The smallest absolute Gasteiger partial charge is 0.305 e. The number of rotatable bonds is 14. The van der Waals surface area contributed by atoms with Crippen molar-refractivity contribution in [2.75, 3.05) is 13.7 Å². The molecule has 214 valence electrons. The second-order valence-corrected chi connectivity index (χ2v) is 10.5. The van der Waals surface area contributed by atoms with E-state index in [9.17, 15) is 9.90 Å². The van der Waals surface area contributed by atoms with Gasteiger partial charge in [0.25, 0.3) is 0 Å². The molecule has 1 fully saturated rings. The van der Waals surface area contributed by atoms with Gasteiger partial charge in [0.05, 0.1) is 50.8 Å². The third-order valence-corrected chi connectivity index (χ3v) is 7.74. The molecule has 3 aromatic rings. The van der Waals surface area contributed by atoms with E-state index in [1.54, 1.807) is 12.1 Å². The van der Waals surface area contributed by atoms with E-state index in [0.717, 1.165) is 30.4 Å². The van der Waals surface area contributed by atoms with Gasteiger partial charge in [-0.15, -0.1) is 0 Å². The summed E-state index contributed by atoms with van der Waals surface area (Å²) in [7, 11) is 1.41. The molecule has 4 atom stereocenters. The predicted octanol–water partition coefficient (Wildman–Crippen LogP) is 6.61. The summed E-state index contributed by atoms with van der Waals surface area (Å²) in [6.45, 7) is 1.32. The van der Waals surface area contributed by atoms with Crippen LogP contribution in [-0.2, 0) is 32.2 Å². The number of nitriles is 1. The van der Waals surface area contributed by atoms with Crippen LogP contribution in [-0.4, -0.2) is 37.0 Å². The molecule has 0 radical (unpaired) electrons. The van der Waals surface area contributed by atoms with Gasteiger partial charge in [0, 0.05) is 18.8 Å². The van der Waals surface area contributed by atoms with Gasteiger partial charge in [-0.1, -0.05) is 78.9 Å². The zero-order chi connectivity index (χ0) is 28.9. The molecule has 0 heterocycles. The normalized spacial score (nSPS) is 20.2. The highest BCUT2D eigenvalue weighted by molar-refractivity contribution is 5.69. The van der Waals surface area contributed by atoms with Gasteiger partial charge in [0.1, 0.15) is 0 Å². The van der Waals surface area contributed by atoms with Crippen molar-refractivity contribution < 1.29 is 24.1 Å². The number of hydrogen-bond acceptors (Lipinski definition) is 6. The van der Waals surface area contributed by atoms with Crippen molar-refractivity contribution in [1.82, 2.24) is 0 Å². The van der Waals surface area contributed by atoms with E-state index in [1.165, 1.54) is 18.2 Å². The number of esters is 1. The van der Waals surface area contributed by atoms with E-state index >= 15 is 0 Å². The number of allylic oxidation sites excluding steroid dienone is 2. The quantitative estimate of drug-likeness (QED) is 0.137. The maximum absolute atomic E-state index is 11.4. The van der Waals surface area contributed by atoms with Gasteiger partial charge in [-0.05, 0) is 59.6 Å². The molecular weight excluding hydrogens is 514 g/mol. The summed E-state index contributed by atoms with van der Waals surface area (Å²) in [5, 5.41) is 20.0. The van der Waals surface area contributed by atoms with Crippen LogP contribution in [0.4, 0.5) is 0 Å². The molecule has 3 aromatic carbocycles. The summed E-state index contributed by atoms with van der Waals surface area (Å²) in [4.78, 5) is 11.4. The van der Waals surface area contributed by atoms with Gasteiger partial charge < -0.3 is 19.3 Å². The molecular formula is C35H39NO5. The van der Waals surface area contributed by atoms with Gasteiger partial charge in [-0.3, -0.25) is 4.79 Å². The van der Waals surface area contributed by atoms with Gasteiger partial charge in [0.15, 0.2) is 0 Å². The van der Waals surface area contributed by atoms with E-state index in [0.29, 0.717) is 38.2 Å². The number of unbranched alkanes of at least 4 members (excludes halogenated alkanes) is 1. The number of methoxy groups -OCH3 is 1. The molecule has 1 N–H and O–H groups in total. The van der Waals surface area contributed by atoms with Crippen molar-refractivity contribution in [3.05, 3.63) is 108 Å². The molecule has 6 nitrogen and oxygen atoms in total. The van der Waals surface area contributed by atoms with Gasteiger partial charge >= 0.3 is 5.97 Å². The molecule has 0 aliphatic heterocycles. The van der Waals surface area contributed by atoms with Crippen LogP contribution in [0.15, 0.2) is 91.0 Å². The first-order chi connectivity index (χ1) is 20.1. The lowest BCUT2D eigenvalue weighted by atomic mass is 9.90. The molecule has 0 unspecified atom stereocenters. The van der Waals surface area contributed by atoms with Crippen molar-refractivity contribution in [2.45, 2.75) is 57.5 Å². The van der Waals surface area contributed by atoms with Gasteiger partial charge in [-0.2, -0.15) is 5.26 Å². The van der Waals surface area contributed by atoms with Crippen LogP contribution in [0.3, 0.4) is 0 Å². The number of aliphatic hydroxyl groups is 1. The number of carbonyl (C=O) groups is 1. The fraction of sp³-hybridized carbons (Fsp3) is 0.371. The second kappa shape index (κ2) is 15.9.